The molecule has 110 valence electrons. The van der Waals surface area contributed by atoms with Gasteiger partial charge in [-0.2, -0.15) is 13.2 Å². The molecule has 0 saturated carbocycles. The molecule has 0 aliphatic heterocycles. The first-order valence-corrected chi connectivity index (χ1v) is 5.34. The first kappa shape index (κ1) is 15.6. The Morgan fingerprint density at radius 1 is 1.25 bits per heavy atom. The Hall–Kier alpha value is -2.45. The van der Waals surface area contributed by atoms with Crippen LogP contribution in [-0.4, -0.2) is 31.2 Å². The molecule has 0 bridgehead atoms. The molecular formula is C11H12F3N3O3. The smallest absolute Gasteiger partial charge is 0.405 e. The summed E-state index contributed by atoms with van der Waals surface area (Å²) in [4.78, 5) is 22.6. The lowest BCUT2D eigenvalue weighted by molar-refractivity contribution is -0.140. The quantitative estimate of drug-likeness (QED) is 0.558. The molecule has 6 nitrogen and oxygen atoms in total. The fraction of sp³-hybridized carbons (Fsp3) is 0.273. The monoisotopic (exact) mass is 291 g/mol. The molecule has 5 N–H and O–H groups in total. The molecule has 20 heavy (non-hydrogen) atoms. The molecule has 0 aromatic heterocycles. The maximum Gasteiger partial charge on any atom is 0.405 e. The van der Waals surface area contributed by atoms with Gasteiger partial charge in [0, 0.05) is 11.4 Å². The first-order valence-electron chi connectivity index (χ1n) is 5.34. The van der Waals surface area contributed by atoms with Gasteiger partial charge in [-0.3, -0.25) is 4.79 Å². The highest BCUT2D eigenvalue weighted by Crippen LogP contribution is 2.16. The van der Waals surface area contributed by atoms with Crippen LogP contribution in [0.4, 0.5) is 24.5 Å². The third-order valence-electron chi connectivity index (χ3n) is 2.12. The summed E-state index contributed by atoms with van der Waals surface area (Å²) in [5.74, 6) is -1.99. The van der Waals surface area contributed by atoms with Gasteiger partial charge >= 0.3 is 12.1 Å². The van der Waals surface area contributed by atoms with Crippen LogP contribution in [0.5, 0.6) is 0 Å². The van der Waals surface area contributed by atoms with Gasteiger partial charge in [0.25, 0.3) is 5.91 Å². The van der Waals surface area contributed by atoms with Crippen molar-refractivity contribution in [1.82, 2.24) is 5.32 Å². The van der Waals surface area contributed by atoms with Crippen LogP contribution < -0.4 is 16.8 Å². The second-order valence-electron chi connectivity index (χ2n) is 3.81. The molecule has 0 atom stereocenters. The number of hydrogen-bond acceptors (Lipinski definition) is 5. The van der Waals surface area contributed by atoms with E-state index < -0.39 is 31.2 Å². The third kappa shape index (κ3) is 5.04. The lowest BCUT2D eigenvalue weighted by Gasteiger charge is -2.09. The SMILES string of the molecule is Nc1ccc(C(=O)OCC(=O)NCC(F)(F)F)c(N)c1. The average Bonchev–Trinajstić information content (AvgIpc) is 2.32. The Labute approximate surface area is 111 Å². The van der Waals surface area contributed by atoms with Gasteiger partial charge in [0.2, 0.25) is 0 Å². The van der Waals surface area contributed by atoms with Crippen molar-refractivity contribution in [1.29, 1.82) is 0 Å². The Kier molecular flexibility index (Phi) is 4.78. The summed E-state index contributed by atoms with van der Waals surface area (Å²) in [6.07, 6.45) is -4.53. The number of carbonyl (C=O) groups is 2. The molecule has 0 unspecified atom stereocenters. The highest BCUT2D eigenvalue weighted by Gasteiger charge is 2.27. The largest absolute Gasteiger partial charge is 0.452 e. The van der Waals surface area contributed by atoms with Crippen molar-refractivity contribution in [3.63, 3.8) is 0 Å². The van der Waals surface area contributed by atoms with Gasteiger partial charge in [-0.25, -0.2) is 4.79 Å². The summed E-state index contributed by atoms with van der Waals surface area (Å²) in [5, 5.41) is 1.56. The molecule has 1 aromatic carbocycles. The molecule has 1 aromatic rings. The maximum absolute atomic E-state index is 11.8. The van der Waals surface area contributed by atoms with Gasteiger partial charge in [0.05, 0.1) is 5.56 Å². The topological polar surface area (TPSA) is 107 Å². The van der Waals surface area contributed by atoms with E-state index in [1.165, 1.54) is 18.2 Å². The highest BCUT2D eigenvalue weighted by atomic mass is 19.4. The number of amides is 1. The second-order valence-corrected chi connectivity index (χ2v) is 3.81. The van der Waals surface area contributed by atoms with Crippen LogP contribution in [0, 0.1) is 0 Å². The Balaban J connectivity index is 2.49. The minimum absolute atomic E-state index is 0.0252. The van der Waals surface area contributed by atoms with Crippen molar-refractivity contribution in [2.75, 3.05) is 24.6 Å². The van der Waals surface area contributed by atoms with Crippen LogP contribution in [0.15, 0.2) is 18.2 Å². The van der Waals surface area contributed by atoms with Crippen molar-refractivity contribution in [2.24, 2.45) is 0 Å². The Morgan fingerprint density at radius 2 is 1.90 bits per heavy atom. The fourth-order valence-corrected chi connectivity index (χ4v) is 1.23. The van der Waals surface area contributed by atoms with Crippen LogP contribution in [0.3, 0.4) is 0 Å². The standard InChI is InChI=1S/C11H12F3N3O3/c12-11(13,14)5-17-9(18)4-20-10(19)7-2-1-6(15)3-8(7)16/h1-3H,4-5,15-16H2,(H,17,18). The summed E-state index contributed by atoms with van der Waals surface area (Å²) in [6.45, 7) is -2.33. The molecule has 0 spiro atoms. The maximum atomic E-state index is 11.8. The van der Waals surface area contributed by atoms with E-state index in [2.05, 4.69) is 4.74 Å². The van der Waals surface area contributed by atoms with E-state index in [0.717, 1.165) is 0 Å². The molecule has 1 rings (SSSR count). The molecular weight excluding hydrogens is 279 g/mol. The number of ether oxygens (including phenoxy) is 1. The third-order valence-corrected chi connectivity index (χ3v) is 2.12. The number of hydrogen-bond donors (Lipinski definition) is 3. The van der Waals surface area contributed by atoms with Crippen LogP contribution in [-0.2, 0) is 9.53 Å². The number of halogens is 3. The van der Waals surface area contributed by atoms with Crippen molar-refractivity contribution >= 4 is 23.3 Å². The van der Waals surface area contributed by atoms with Crippen molar-refractivity contribution in [3.05, 3.63) is 23.8 Å². The number of alkyl halides is 3. The van der Waals surface area contributed by atoms with E-state index in [1.54, 1.807) is 5.32 Å². The molecule has 0 aliphatic rings. The van der Waals surface area contributed by atoms with Gasteiger partial charge in [-0.15, -0.1) is 0 Å². The van der Waals surface area contributed by atoms with E-state index in [-0.39, 0.29) is 11.3 Å². The van der Waals surface area contributed by atoms with Gasteiger partial charge in [-0.05, 0) is 18.2 Å². The number of nitrogens with one attached hydrogen (secondary N) is 1. The molecule has 0 aliphatic carbocycles. The predicted molar refractivity (Wildman–Crippen MR) is 64.6 cm³/mol. The van der Waals surface area contributed by atoms with Crippen molar-refractivity contribution in [2.45, 2.75) is 6.18 Å². The minimum Gasteiger partial charge on any atom is -0.452 e. The predicted octanol–water partition coefficient (Wildman–Crippen LogP) is 0.686. The van der Waals surface area contributed by atoms with Gasteiger partial charge < -0.3 is 21.5 Å². The van der Waals surface area contributed by atoms with E-state index in [1.807, 2.05) is 0 Å². The number of nitrogens with two attached hydrogens (primary N) is 2. The molecule has 0 heterocycles. The van der Waals surface area contributed by atoms with E-state index in [4.69, 9.17) is 11.5 Å². The molecule has 0 saturated heterocycles. The lowest BCUT2D eigenvalue weighted by Crippen LogP contribution is -2.36. The number of rotatable bonds is 4. The molecule has 0 fully saturated rings. The first-order chi connectivity index (χ1) is 9.19. The van der Waals surface area contributed by atoms with Crippen LogP contribution in [0.2, 0.25) is 0 Å². The average molecular weight is 291 g/mol. The lowest BCUT2D eigenvalue weighted by atomic mass is 10.1. The summed E-state index contributed by atoms with van der Waals surface area (Å²) in [7, 11) is 0. The normalized spacial score (nSPS) is 10.9. The van der Waals surface area contributed by atoms with Gasteiger partial charge in [-0.1, -0.05) is 0 Å². The van der Waals surface area contributed by atoms with Gasteiger partial charge in [0.15, 0.2) is 6.61 Å². The van der Waals surface area contributed by atoms with E-state index in [0.29, 0.717) is 5.69 Å². The zero-order chi connectivity index (χ0) is 15.3. The highest BCUT2D eigenvalue weighted by molar-refractivity contribution is 5.96. The number of benzene rings is 1. The summed E-state index contributed by atoms with van der Waals surface area (Å²) < 4.78 is 40.0. The summed E-state index contributed by atoms with van der Waals surface area (Å²) in [6, 6.07) is 4.01. The second kappa shape index (κ2) is 6.13. The van der Waals surface area contributed by atoms with E-state index >= 15 is 0 Å². The summed E-state index contributed by atoms with van der Waals surface area (Å²) >= 11 is 0. The molecule has 1 amide bonds. The summed E-state index contributed by atoms with van der Waals surface area (Å²) in [5.41, 5.74) is 11.3. The van der Waals surface area contributed by atoms with Crippen LogP contribution in [0.1, 0.15) is 10.4 Å². The van der Waals surface area contributed by atoms with Crippen LogP contribution in [0.25, 0.3) is 0 Å². The molecule has 9 heteroatoms. The number of nitrogen functional groups attached to an aromatic ring is 2. The minimum atomic E-state index is -4.53. The Bertz CT molecular complexity index is 517. The molecule has 0 radical (unpaired) electrons. The van der Waals surface area contributed by atoms with Crippen molar-refractivity contribution < 1.29 is 27.5 Å². The van der Waals surface area contributed by atoms with Crippen molar-refractivity contribution in [3.8, 4) is 0 Å². The fourth-order valence-electron chi connectivity index (χ4n) is 1.23. The zero-order valence-corrected chi connectivity index (χ0v) is 10.2. The Morgan fingerprint density at radius 3 is 2.45 bits per heavy atom. The van der Waals surface area contributed by atoms with E-state index in [9.17, 15) is 22.8 Å². The number of esters is 1. The van der Waals surface area contributed by atoms with Crippen LogP contribution >= 0.6 is 0 Å². The number of anilines is 2. The van der Waals surface area contributed by atoms with Gasteiger partial charge in [0.1, 0.15) is 6.54 Å². The zero-order valence-electron chi connectivity index (χ0n) is 10.2. The number of carbonyl (C=O) groups excluding carboxylic acids is 2.